The van der Waals surface area contributed by atoms with Gasteiger partial charge >= 0.3 is 5.97 Å². The van der Waals surface area contributed by atoms with E-state index in [2.05, 4.69) is 5.32 Å². The molecule has 0 bridgehead atoms. The minimum absolute atomic E-state index is 0.0579. The Hall–Kier alpha value is -2.02. The lowest BCUT2D eigenvalue weighted by Crippen LogP contribution is -2.21. The molecule has 1 aromatic rings. The Kier molecular flexibility index (Phi) is 6.05. The van der Waals surface area contributed by atoms with Crippen LogP contribution in [-0.4, -0.2) is 33.9 Å². The Balaban J connectivity index is 2.50. The number of hydrogen-bond donors (Lipinski definition) is 3. The topological polar surface area (TPSA) is 109 Å². The van der Waals surface area contributed by atoms with Crippen LogP contribution in [0.3, 0.4) is 0 Å². The Morgan fingerprint density at radius 2 is 1.90 bits per heavy atom. The number of nitrogens with two attached hydrogens (primary N) is 1. The van der Waals surface area contributed by atoms with Gasteiger partial charge in [0.1, 0.15) is 5.25 Å². The predicted molar refractivity (Wildman–Crippen MR) is 77.8 cm³/mol. The lowest BCUT2D eigenvalue weighted by molar-refractivity contribution is -0.136. The van der Waals surface area contributed by atoms with Crippen LogP contribution in [0.1, 0.15) is 23.7 Å². The molecular formula is C13H16N2O4S. The van der Waals surface area contributed by atoms with Gasteiger partial charge in [0.15, 0.2) is 0 Å². The predicted octanol–water partition coefficient (Wildman–Crippen LogP) is 1.32. The molecule has 0 saturated carbocycles. The molecule has 0 spiro atoms. The molecule has 108 valence electrons. The van der Waals surface area contributed by atoms with Crippen molar-refractivity contribution in [1.82, 2.24) is 0 Å². The molecule has 4 N–H and O–H groups in total. The Labute approximate surface area is 120 Å². The second kappa shape index (κ2) is 7.54. The Morgan fingerprint density at radius 1 is 1.30 bits per heavy atom. The van der Waals surface area contributed by atoms with Crippen molar-refractivity contribution in [3.8, 4) is 0 Å². The number of aliphatic carboxylic acids is 1. The smallest absolute Gasteiger partial charge is 0.316 e. The fourth-order valence-corrected chi connectivity index (χ4v) is 2.26. The van der Waals surface area contributed by atoms with Crippen molar-refractivity contribution in [2.24, 2.45) is 5.73 Å². The van der Waals surface area contributed by atoms with Crippen molar-refractivity contribution in [3.05, 3.63) is 29.8 Å². The Bertz CT molecular complexity index is 502. The second-order valence-electron chi connectivity index (χ2n) is 4.04. The summed E-state index contributed by atoms with van der Waals surface area (Å²) < 4.78 is 0. The Morgan fingerprint density at radius 3 is 2.35 bits per heavy atom. The number of rotatable bonds is 7. The number of nitrogens with one attached hydrogen (secondary N) is 1. The molecule has 20 heavy (non-hydrogen) atoms. The standard InChI is InChI=1S/C13H16N2O4S/c1-2-10(13(18)19)20-7-11(16)15-9-5-3-8(4-6-9)12(14)17/h3-6,10H,2,7H2,1H3,(H2,14,17)(H,15,16)(H,18,19). The van der Waals surface area contributed by atoms with Gasteiger partial charge in [-0.25, -0.2) is 0 Å². The number of hydrogen-bond acceptors (Lipinski definition) is 4. The number of carboxylic acids is 1. The minimum Gasteiger partial charge on any atom is -0.480 e. The van der Waals surface area contributed by atoms with E-state index in [4.69, 9.17) is 10.8 Å². The highest BCUT2D eigenvalue weighted by Crippen LogP contribution is 2.16. The molecule has 1 aromatic carbocycles. The van der Waals surface area contributed by atoms with Crippen LogP contribution in [0.4, 0.5) is 5.69 Å². The number of thioether (sulfide) groups is 1. The maximum atomic E-state index is 11.7. The van der Waals surface area contributed by atoms with Crippen molar-refractivity contribution in [3.63, 3.8) is 0 Å². The van der Waals surface area contributed by atoms with Crippen LogP contribution in [0, 0.1) is 0 Å². The van der Waals surface area contributed by atoms with Crippen LogP contribution in [0.25, 0.3) is 0 Å². The van der Waals surface area contributed by atoms with Crippen molar-refractivity contribution in [1.29, 1.82) is 0 Å². The van der Waals surface area contributed by atoms with Gasteiger partial charge in [-0.3, -0.25) is 14.4 Å². The van der Waals surface area contributed by atoms with Gasteiger partial charge in [-0.1, -0.05) is 6.92 Å². The minimum atomic E-state index is -0.920. The van der Waals surface area contributed by atoms with Gasteiger partial charge in [0.25, 0.3) is 0 Å². The molecule has 7 heteroatoms. The first-order valence-electron chi connectivity index (χ1n) is 5.98. The molecule has 0 radical (unpaired) electrons. The highest BCUT2D eigenvalue weighted by molar-refractivity contribution is 8.01. The molecule has 1 unspecified atom stereocenters. The lowest BCUT2D eigenvalue weighted by atomic mass is 10.2. The molecule has 0 fully saturated rings. The molecule has 0 aliphatic rings. The fourth-order valence-electron chi connectivity index (χ4n) is 1.45. The summed E-state index contributed by atoms with van der Waals surface area (Å²) in [6.07, 6.45) is 0.459. The van der Waals surface area contributed by atoms with Crippen LogP contribution >= 0.6 is 11.8 Å². The van der Waals surface area contributed by atoms with Crippen LogP contribution in [-0.2, 0) is 9.59 Å². The summed E-state index contributed by atoms with van der Waals surface area (Å²) in [5.74, 6) is -1.69. The largest absolute Gasteiger partial charge is 0.480 e. The molecule has 0 saturated heterocycles. The number of carbonyl (C=O) groups excluding carboxylic acids is 2. The van der Waals surface area contributed by atoms with E-state index in [0.29, 0.717) is 17.7 Å². The van der Waals surface area contributed by atoms with Crippen molar-refractivity contribution in [2.45, 2.75) is 18.6 Å². The van der Waals surface area contributed by atoms with E-state index in [0.717, 1.165) is 11.8 Å². The monoisotopic (exact) mass is 296 g/mol. The molecule has 1 rings (SSSR count). The first-order valence-corrected chi connectivity index (χ1v) is 7.03. The number of primary amides is 1. The quantitative estimate of drug-likeness (QED) is 0.703. The SMILES string of the molecule is CCC(SCC(=O)Nc1ccc(C(N)=O)cc1)C(=O)O. The summed E-state index contributed by atoms with van der Waals surface area (Å²) in [6, 6.07) is 6.16. The maximum Gasteiger partial charge on any atom is 0.316 e. The van der Waals surface area contributed by atoms with Crippen molar-refractivity contribution >= 4 is 35.2 Å². The van der Waals surface area contributed by atoms with E-state index < -0.39 is 17.1 Å². The zero-order chi connectivity index (χ0) is 15.1. The normalized spacial score (nSPS) is 11.7. The summed E-state index contributed by atoms with van der Waals surface area (Å²) in [6.45, 7) is 1.76. The first-order chi connectivity index (χ1) is 9.43. The number of carboxylic acid groups (broad SMARTS) is 1. The van der Waals surface area contributed by atoms with Gasteiger partial charge in [0.2, 0.25) is 11.8 Å². The maximum absolute atomic E-state index is 11.7. The zero-order valence-corrected chi connectivity index (χ0v) is 11.8. The van der Waals surface area contributed by atoms with Gasteiger partial charge in [-0.15, -0.1) is 11.8 Å². The van der Waals surface area contributed by atoms with Crippen LogP contribution in [0.15, 0.2) is 24.3 Å². The van der Waals surface area contributed by atoms with Gasteiger partial charge in [-0.05, 0) is 30.7 Å². The highest BCUT2D eigenvalue weighted by atomic mass is 32.2. The lowest BCUT2D eigenvalue weighted by Gasteiger charge is -2.09. The van der Waals surface area contributed by atoms with Crippen molar-refractivity contribution < 1.29 is 19.5 Å². The third kappa shape index (κ3) is 4.93. The number of benzene rings is 1. The zero-order valence-electron chi connectivity index (χ0n) is 11.0. The molecule has 1 atom stereocenters. The number of amides is 2. The van der Waals surface area contributed by atoms with Gasteiger partial charge < -0.3 is 16.2 Å². The fraction of sp³-hybridized carbons (Fsp3) is 0.308. The van der Waals surface area contributed by atoms with Crippen LogP contribution in [0.5, 0.6) is 0 Å². The van der Waals surface area contributed by atoms with E-state index in [-0.39, 0.29) is 11.7 Å². The van der Waals surface area contributed by atoms with Gasteiger partial charge in [0, 0.05) is 11.3 Å². The molecule has 0 aliphatic carbocycles. The van der Waals surface area contributed by atoms with Crippen LogP contribution in [0.2, 0.25) is 0 Å². The molecule has 6 nitrogen and oxygen atoms in total. The van der Waals surface area contributed by atoms with Crippen LogP contribution < -0.4 is 11.1 Å². The molecule has 2 amide bonds. The van der Waals surface area contributed by atoms with Gasteiger partial charge in [-0.2, -0.15) is 0 Å². The second-order valence-corrected chi connectivity index (χ2v) is 5.23. The first kappa shape index (κ1) is 16.0. The summed E-state index contributed by atoms with van der Waals surface area (Å²) in [4.78, 5) is 33.3. The molecule has 0 aromatic heterocycles. The van der Waals surface area contributed by atoms with E-state index >= 15 is 0 Å². The summed E-state index contributed by atoms with van der Waals surface area (Å²) >= 11 is 1.08. The van der Waals surface area contributed by atoms with E-state index in [1.807, 2.05) is 0 Å². The van der Waals surface area contributed by atoms with E-state index in [1.165, 1.54) is 12.1 Å². The summed E-state index contributed by atoms with van der Waals surface area (Å²) in [7, 11) is 0. The third-order valence-electron chi connectivity index (χ3n) is 2.52. The van der Waals surface area contributed by atoms with E-state index in [1.54, 1.807) is 19.1 Å². The summed E-state index contributed by atoms with van der Waals surface area (Å²) in [5.41, 5.74) is 5.99. The van der Waals surface area contributed by atoms with Gasteiger partial charge in [0.05, 0.1) is 5.75 Å². The molecule has 0 heterocycles. The number of anilines is 1. The van der Waals surface area contributed by atoms with Crippen molar-refractivity contribution in [2.75, 3.05) is 11.1 Å². The number of carbonyl (C=O) groups is 3. The summed E-state index contributed by atoms with van der Waals surface area (Å²) in [5, 5.41) is 10.9. The average Bonchev–Trinajstić information content (AvgIpc) is 2.39. The molecule has 0 aliphatic heterocycles. The third-order valence-corrected chi connectivity index (χ3v) is 3.88. The highest BCUT2D eigenvalue weighted by Gasteiger charge is 2.17. The van der Waals surface area contributed by atoms with E-state index in [9.17, 15) is 14.4 Å². The average molecular weight is 296 g/mol. The molecular weight excluding hydrogens is 280 g/mol.